The van der Waals surface area contributed by atoms with Crippen LogP contribution >= 0.6 is 34.7 Å². The smallest absolute Gasteiger partial charge is 0.267 e. The van der Waals surface area contributed by atoms with Gasteiger partial charge in [-0.3, -0.25) is 9.36 Å². The zero-order chi connectivity index (χ0) is 22.1. The van der Waals surface area contributed by atoms with E-state index in [-0.39, 0.29) is 17.1 Å². The van der Waals surface area contributed by atoms with E-state index in [0.717, 1.165) is 16.9 Å². The number of methoxy groups -OCH3 is 1. The second kappa shape index (κ2) is 9.02. The molecule has 0 fully saturated rings. The van der Waals surface area contributed by atoms with Crippen LogP contribution in [0.3, 0.4) is 0 Å². The molecule has 0 aliphatic rings. The summed E-state index contributed by atoms with van der Waals surface area (Å²) in [6, 6.07) is 11.9. The molecule has 0 spiro atoms. The average Bonchev–Trinajstić information content (AvgIpc) is 3.09. The molecule has 2 aromatic heterocycles. The van der Waals surface area contributed by atoms with Crippen LogP contribution in [0.2, 0.25) is 5.02 Å². The van der Waals surface area contributed by atoms with E-state index in [4.69, 9.17) is 21.3 Å². The minimum atomic E-state index is -0.378. The summed E-state index contributed by atoms with van der Waals surface area (Å²) in [7, 11) is 1.58. The highest BCUT2D eigenvalue weighted by Gasteiger charge is 2.20. The number of fused-ring (bicyclic) bond motifs is 1. The van der Waals surface area contributed by atoms with E-state index < -0.39 is 0 Å². The first-order valence-corrected chi connectivity index (χ1v) is 11.9. The maximum atomic E-state index is 14.3. The van der Waals surface area contributed by atoms with E-state index >= 15 is 0 Å². The van der Waals surface area contributed by atoms with Crippen LogP contribution in [0.15, 0.2) is 52.4 Å². The van der Waals surface area contributed by atoms with Crippen LogP contribution in [0.1, 0.15) is 22.9 Å². The Bertz CT molecular complexity index is 1310. The second-order valence-electron chi connectivity index (χ2n) is 6.91. The molecule has 0 bridgehead atoms. The van der Waals surface area contributed by atoms with Gasteiger partial charge in [-0.15, -0.1) is 11.3 Å². The van der Waals surface area contributed by atoms with Crippen LogP contribution in [0.5, 0.6) is 5.75 Å². The Morgan fingerprint density at radius 2 is 2.03 bits per heavy atom. The summed E-state index contributed by atoms with van der Waals surface area (Å²) in [4.78, 5) is 20.3. The molecule has 0 aliphatic heterocycles. The molecule has 0 saturated heterocycles. The molecule has 0 atom stereocenters. The van der Waals surface area contributed by atoms with Crippen molar-refractivity contribution in [1.82, 2.24) is 9.55 Å². The number of thioether (sulfide) groups is 1. The van der Waals surface area contributed by atoms with Gasteiger partial charge in [-0.25, -0.2) is 9.37 Å². The van der Waals surface area contributed by atoms with Crippen LogP contribution in [-0.4, -0.2) is 16.7 Å². The Balaban J connectivity index is 1.91. The van der Waals surface area contributed by atoms with Crippen LogP contribution in [-0.2, 0) is 12.2 Å². The topological polar surface area (TPSA) is 44.1 Å². The molecule has 0 N–H and O–H groups in total. The zero-order valence-corrected chi connectivity index (χ0v) is 19.6. The molecule has 4 rings (SSSR count). The van der Waals surface area contributed by atoms with Crippen LogP contribution < -0.4 is 10.3 Å². The molecule has 31 heavy (non-hydrogen) atoms. The molecule has 2 aromatic carbocycles. The summed E-state index contributed by atoms with van der Waals surface area (Å²) in [6.07, 6.45) is 0.832. The first kappa shape index (κ1) is 21.9. The number of halogens is 2. The summed E-state index contributed by atoms with van der Waals surface area (Å²) in [5.41, 5.74) is 1.85. The van der Waals surface area contributed by atoms with Crippen molar-refractivity contribution in [3.05, 3.63) is 79.7 Å². The Kier molecular flexibility index (Phi) is 6.36. The van der Waals surface area contributed by atoms with E-state index in [1.165, 1.54) is 29.2 Å². The van der Waals surface area contributed by atoms with Gasteiger partial charge in [-0.1, -0.05) is 42.4 Å². The van der Waals surface area contributed by atoms with Gasteiger partial charge in [0, 0.05) is 27.3 Å². The lowest BCUT2D eigenvalue weighted by Crippen LogP contribution is -2.21. The van der Waals surface area contributed by atoms with Gasteiger partial charge in [0.15, 0.2) is 5.16 Å². The summed E-state index contributed by atoms with van der Waals surface area (Å²) >= 11 is 9.02. The highest BCUT2D eigenvalue weighted by atomic mass is 35.5. The van der Waals surface area contributed by atoms with Crippen molar-refractivity contribution in [1.29, 1.82) is 0 Å². The van der Waals surface area contributed by atoms with Crippen molar-refractivity contribution in [2.75, 3.05) is 7.11 Å². The summed E-state index contributed by atoms with van der Waals surface area (Å²) in [5, 5.41) is 1.45. The first-order chi connectivity index (χ1) is 14.9. The maximum absolute atomic E-state index is 14.3. The van der Waals surface area contributed by atoms with Crippen molar-refractivity contribution in [2.45, 2.75) is 31.2 Å². The predicted octanol–water partition coefficient (Wildman–Crippen LogP) is 6.41. The molecule has 2 heterocycles. The standard InChI is InChI=1S/C23H20ClFN2O2S2/c1-4-19-13(2)20-21(31-19)26-23(30-12-16-17(24)9-6-10-18(16)25)27(22(20)28)14-7-5-8-15(11-14)29-3/h5-11H,4,12H2,1-3H3. The number of rotatable bonds is 6. The molecule has 0 amide bonds. The highest BCUT2D eigenvalue weighted by Crippen LogP contribution is 2.33. The average molecular weight is 475 g/mol. The summed E-state index contributed by atoms with van der Waals surface area (Å²) < 4.78 is 21.2. The largest absolute Gasteiger partial charge is 0.497 e. The lowest BCUT2D eigenvalue weighted by molar-refractivity contribution is 0.414. The SMILES string of the molecule is CCc1sc2nc(SCc3c(F)cccc3Cl)n(-c3cccc(OC)c3)c(=O)c2c1C. The highest BCUT2D eigenvalue weighted by molar-refractivity contribution is 7.98. The number of nitrogens with zero attached hydrogens (tertiary/aromatic N) is 2. The van der Waals surface area contributed by atoms with E-state index in [0.29, 0.717) is 37.4 Å². The second-order valence-corrected chi connectivity index (χ2v) is 9.34. The fourth-order valence-electron chi connectivity index (χ4n) is 3.43. The van der Waals surface area contributed by atoms with Crippen molar-refractivity contribution in [3.63, 3.8) is 0 Å². The van der Waals surface area contributed by atoms with Gasteiger partial charge in [-0.05, 0) is 43.2 Å². The number of hydrogen-bond acceptors (Lipinski definition) is 5. The van der Waals surface area contributed by atoms with Crippen LogP contribution in [0, 0.1) is 12.7 Å². The van der Waals surface area contributed by atoms with Crippen molar-refractivity contribution in [2.24, 2.45) is 0 Å². The Morgan fingerprint density at radius 1 is 1.26 bits per heavy atom. The fourth-order valence-corrected chi connectivity index (χ4v) is 5.94. The van der Waals surface area contributed by atoms with Gasteiger partial charge >= 0.3 is 0 Å². The zero-order valence-electron chi connectivity index (χ0n) is 17.2. The molecule has 0 saturated carbocycles. The molecule has 8 heteroatoms. The first-order valence-electron chi connectivity index (χ1n) is 9.69. The van der Waals surface area contributed by atoms with Gasteiger partial charge in [0.1, 0.15) is 16.4 Å². The van der Waals surface area contributed by atoms with Gasteiger partial charge in [0.25, 0.3) is 5.56 Å². The van der Waals surface area contributed by atoms with Crippen LogP contribution in [0.4, 0.5) is 4.39 Å². The minimum Gasteiger partial charge on any atom is -0.497 e. The number of aromatic nitrogens is 2. The molecular weight excluding hydrogens is 455 g/mol. The molecule has 4 aromatic rings. The quantitative estimate of drug-likeness (QED) is 0.239. The molecule has 0 aliphatic carbocycles. The van der Waals surface area contributed by atoms with E-state index in [1.807, 2.05) is 25.1 Å². The van der Waals surface area contributed by atoms with Crippen LogP contribution in [0.25, 0.3) is 15.9 Å². The van der Waals surface area contributed by atoms with Crippen molar-refractivity contribution in [3.8, 4) is 11.4 Å². The number of aryl methyl sites for hydroxylation is 2. The molecule has 160 valence electrons. The third-order valence-corrected chi connectivity index (χ3v) is 7.72. The number of hydrogen-bond donors (Lipinski definition) is 0. The number of thiophene rings is 1. The molecular formula is C23H20ClFN2O2S2. The fraction of sp³-hybridized carbons (Fsp3) is 0.217. The Hall–Kier alpha value is -2.35. The third kappa shape index (κ3) is 4.10. The Morgan fingerprint density at radius 3 is 2.74 bits per heavy atom. The van der Waals surface area contributed by atoms with Gasteiger partial charge < -0.3 is 4.74 Å². The van der Waals surface area contributed by atoms with Crippen molar-refractivity contribution >= 4 is 44.9 Å². The lowest BCUT2D eigenvalue weighted by Gasteiger charge is -2.14. The van der Waals surface area contributed by atoms with E-state index in [1.54, 1.807) is 29.9 Å². The van der Waals surface area contributed by atoms with Gasteiger partial charge in [0.2, 0.25) is 0 Å². The molecule has 0 radical (unpaired) electrons. The molecule has 0 unspecified atom stereocenters. The normalized spacial score (nSPS) is 11.3. The molecule has 4 nitrogen and oxygen atoms in total. The van der Waals surface area contributed by atoms with Crippen molar-refractivity contribution < 1.29 is 9.13 Å². The minimum absolute atomic E-state index is 0.145. The van der Waals surface area contributed by atoms with E-state index in [9.17, 15) is 9.18 Å². The van der Waals surface area contributed by atoms with Gasteiger partial charge in [0.05, 0.1) is 18.2 Å². The number of benzene rings is 2. The summed E-state index contributed by atoms with van der Waals surface area (Å²) in [6.45, 7) is 4.02. The lowest BCUT2D eigenvalue weighted by atomic mass is 10.2. The summed E-state index contributed by atoms with van der Waals surface area (Å²) in [5.74, 6) is 0.503. The number of ether oxygens (including phenoxy) is 1. The monoisotopic (exact) mass is 474 g/mol. The predicted molar refractivity (Wildman–Crippen MR) is 127 cm³/mol. The third-order valence-electron chi connectivity index (χ3n) is 5.07. The van der Waals surface area contributed by atoms with Gasteiger partial charge in [-0.2, -0.15) is 0 Å². The maximum Gasteiger partial charge on any atom is 0.267 e. The van der Waals surface area contributed by atoms with E-state index in [2.05, 4.69) is 6.92 Å². The Labute approximate surface area is 192 Å².